The summed E-state index contributed by atoms with van der Waals surface area (Å²) in [7, 11) is 0. The van der Waals surface area contributed by atoms with Gasteiger partial charge >= 0.3 is 5.97 Å². The molecule has 15 heteroatoms. The number of aliphatic carboxylic acids is 1. The second-order valence-corrected chi connectivity index (χ2v) is 14.1. The number of nitrogens with one attached hydrogen (secondary N) is 3. The van der Waals surface area contributed by atoms with E-state index in [-0.39, 0.29) is 24.7 Å². The van der Waals surface area contributed by atoms with Gasteiger partial charge in [-0.15, -0.1) is 0 Å². The van der Waals surface area contributed by atoms with Crippen LogP contribution < -0.4 is 5.48 Å². The minimum Gasteiger partial charge on any atom is -0.481 e. The van der Waals surface area contributed by atoms with Crippen molar-refractivity contribution in [2.75, 3.05) is 0 Å². The Hall–Kier alpha value is -4.40. The number of imidazole rings is 2. The summed E-state index contributed by atoms with van der Waals surface area (Å²) >= 11 is 0. The monoisotopic (exact) mass is 707 g/mol. The molecule has 0 saturated heterocycles. The molecule has 2 atom stereocenters. The van der Waals surface area contributed by atoms with Gasteiger partial charge in [-0.25, -0.2) is 15.4 Å². The number of aromatic amines is 2. The summed E-state index contributed by atoms with van der Waals surface area (Å²) in [5.74, 6) is 3.45. The van der Waals surface area contributed by atoms with Crippen molar-refractivity contribution >= 4 is 11.9 Å². The van der Waals surface area contributed by atoms with Crippen LogP contribution in [-0.2, 0) is 22.4 Å². The molecule has 2 aliphatic carbocycles. The third-order valence-corrected chi connectivity index (χ3v) is 10.2. The van der Waals surface area contributed by atoms with Crippen LogP contribution in [0.15, 0.2) is 33.8 Å². The quantitative estimate of drug-likeness (QED) is 0.0532. The van der Waals surface area contributed by atoms with Gasteiger partial charge in [-0.3, -0.25) is 14.8 Å². The van der Waals surface area contributed by atoms with E-state index in [4.69, 9.17) is 14.3 Å². The Morgan fingerprint density at radius 3 is 1.63 bits per heavy atom. The number of carboxylic acids is 1. The van der Waals surface area contributed by atoms with Crippen molar-refractivity contribution in [2.45, 2.75) is 140 Å². The zero-order valence-electron chi connectivity index (χ0n) is 29.5. The number of H-pyrrole nitrogens is 2. The Morgan fingerprint density at radius 2 is 1.22 bits per heavy atom. The summed E-state index contributed by atoms with van der Waals surface area (Å²) in [6, 6.07) is 0. The van der Waals surface area contributed by atoms with Crippen molar-refractivity contribution in [1.82, 2.24) is 45.7 Å². The summed E-state index contributed by atoms with van der Waals surface area (Å²) < 4.78 is 10.8. The third-order valence-electron chi connectivity index (χ3n) is 10.2. The van der Waals surface area contributed by atoms with Gasteiger partial charge in [-0.05, 0) is 24.7 Å². The van der Waals surface area contributed by atoms with Crippen molar-refractivity contribution in [2.24, 2.45) is 11.8 Å². The standard InChI is InChI=1S/C18H27N5O3.C18H26N4O3/c24-17(22-25)11-14(8-4-7-13-5-2-1-3-6-13)18-21-16(23-26-18)12-15-19-9-10-20-15;23-17(24)11-14(8-4-7-13-5-2-1-3-6-13)18-21-16(22-25-18)12-15-19-9-10-20-15/h9-10,13-14,25H,1-8,11-12H2,(H,19,20)(H,22,24);9-10,13-14H,1-8,11-12H2,(H,19,20)(H,23,24)/t2*14-/m11/s1. The van der Waals surface area contributed by atoms with Crippen LogP contribution in [0.4, 0.5) is 0 Å². The third kappa shape index (κ3) is 13.0. The molecule has 4 heterocycles. The maximum atomic E-state index is 11.7. The number of hydrogen-bond acceptors (Lipinski definition) is 11. The van der Waals surface area contributed by atoms with Crippen LogP contribution >= 0.6 is 0 Å². The first-order chi connectivity index (χ1) is 24.9. The van der Waals surface area contributed by atoms with Crippen molar-refractivity contribution < 1.29 is 28.9 Å². The molecule has 0 aromatic carbocycles. The molecule has 0 spiro atoms. The molecule has 2 fully saturated rings. The molecular weight excluding hydrogens is 654 g/mol. The highest BCUT2D eigenvalue weighted by Crippen LogP contribution is 2.32. The van der Waals surface area contributed by atoms with Gasteiger partial charge in [0.05, 0.1) is 19.3 Å². The molecule has 1 amide bonds. The fourth-order valence-corrected chi connectivity index (χ4v) is 7.46. The average Bonchev–Trinajstić information content (AvgIpc) is 3.99. The van der Waals surface area contributed by atoms with E-state index in [2.05, 4.69) is 40.2 Å². The molecule has 4 aromatic rings. The number of hydrogen-bond donors (Lipinski definition) is 5. The fraction of sp³-hybridized carbons (Fsp3) is 0.667. The topological polar surface area (TPSA) is 222 Å². The van der Waals surface area contributed by atoms with E-state index < -0.39 is 11.9 Å². The second-order valence-electron chi connectivity index (χ2n) is 14.1. The number of amides is 1. The van der Waals surface area contributed by atoms with Crippen LogP contribution in [0, 0.1) is 11.8 Å². The Kier molecular flexibility index (Phi) is 15.2. The molecule has 2 saturated carbocycles. The molecule has 0 radical (unpaired) electrons. The van der Waals surface area contributed by atoms with Gasteiger partial charge in [0, 0.05) is 43.0 Å². The lowest BCUT2D eigenvalue weighted by molar-refractivity contribution is -0.137. The number of hydroxylamine groups is 1. The number of carbonyl (C=O) groups excluding carboxylic acids is 1. The Bertz CT molecular complexity index is 1540. The van der Waals surface area contributed by atoms with Crippen molar-refractivity contribution in [1.29, 1.82) is 0 Å². The minimum atomic E-state index is -0.826. The maximum absolute atomic E-state index is 11.7. The lowest BCUT2D eigenvalue weighted by atomic mass is 9.84. The number of nitrogens with zero attached hydrogens (tertiary/aromatic N) is 6. The van der Waals surface area contributed by atoms with E-state index >= 15 is 0 Å². The Balaban J connectivity index is 0.000000198. The number of carboxylic acid groups (broad SMARTS) is 1. The fourth-order valence-electron chi connectivity index (χ4n) is 7.46. The van der Waals surface area contributed by atoms with E-state index in [1.54, 1.807) is 30.3 Å². The molecule has 15 nitrogen and oxygen atoms in total. The molecule has 2 aliphatic rings. The molecule has 6 rings (SSSR count). The average molecular weight is 708 g/mol. The zero-order valence-corrected chi connectivity index (χ0v) is 29.5. The predicted octanol–water partition coefficient (Wildman–Crippen LogP) is 6.81. The summed E-state index contributed by atoms with van der Waals surface area (Å²) in [5.41, 5.74) is 1.70. The molecule has 51 heavy (non-hydrogen) atoms. The predicted molar refractivity (Wildman–Crippen MR) is 185 cm³/mol. The summed E-state index contributed by atoms with van der Waals surface area (Å²) in [5, 5.41) is 26.0. The number of carbonyl (C=O) groups is 2. The molecule has 278 valence electrons. The van der Waals surface area contributed by atoms with E-state index in [9.17, 15) is 14.7 Å². The summed E-state index contributed by atoms with van der Waals surface area (Å²) in [6.07, 6.45) is 27.2. The molecule has 0 bridgehead atoms. The van der Waals surface area contributed by atoms with E-state index in [1.165, 1.54) is 77.0 Å². The molecule has 4 aromatic heterocycles. The van der Waals surface area contributed by atoms with Crippen molar-refractivity contribution in [3.05, 3.63) is 59.9 Å². The van der Waals surface area contributed by atoms with Crippen LogP contribution in [0.25, 0.3) is 0 Å². The molecule has 5 N–H and O–H groups in total. The highest BCUT2D eigenvalue weighted by molar-refractivity contribution is 5.75. The van der Waals surface area contributed by atoms with Crippen LogP contribution in [-0.4, -0.2) is 62.4 Å². The first-order valence-electron chi connectivity index (χ1n) is 18.7. The smallest absolute Gasteiger partial charge is 0.304 e. The van der Waals surface area contributed by atoms with Gasteiger partial charge in [-0.1, -0.05) is 100 Å². The Morgan fingerprint density at radius 1 is 0.745 bits per heavy atom. The van der Waals surface area contributed by atoms with Crippen LogP contribution in [0.3, 0.4) is 0 Å². The lowest BCUT2D eigenvalue weighted by Gasteiger charge is -2.22. The highest BCUT2D eigenvalue weighted by Gasteiger charge is 2.25. The van der Waals surface area contributed by atoms with Gasteiger partial charge in [0.15, 0.2) is 11.6 Å². The van der Waals surface area contributed by atoms with Gasteiger partial charge in [0.1, 0.15) is 11.6 Å². The second kappa shape index (κ2) is 20.4. The van der Waals surface area contributed by atoms with Crippen molar-refractivity contribution in [3.63, 3.8) is 0 Å². The molecular formula is C36H53N9O6. The van der Waals surface area contributed by atoms with Crippen LogP contribution in [0.1, 0.15) is 162 Å². The minimum absolute atomic E-state index is 0.0348. The lowest BCUT2D eigenvalue weighted by Crippen LogP contribution is -2.21. The Labute approximate surface area is 298 Å². The van der Waals surface area contributed by atoms with Gasteiger partial charge < -0.3 is 24.1 Å². The molecule has 0 aliphatic heterocycles. The normalized spacial score (nSPS) is 16.6. The highest BCUT2D eigenvalue weighted by atomic mass is 16.5. The summed E-state index contributed by atoms with van der Waals surface area (Å²) in [4.78, 5) is 46.0. The largest absolute Gasteiger partial charge is 0.481 e. The first-order valence-corrected chi connectivity index (χ1v) is 18.7. The van der Waals surface area contributed by atoms with Crippen LogP contribution in [0.2, 0.25) is 0 Å². The van der Waals surface area contributed by atoms with Gasteiger partial charge in [0.25, 0.3) is 0 Å². The van der Waals surface area contributed by atoms with Gasteiger partial charge in [0.2, 0.25) is 17.7 Å². The SMILES string of the molecule is O=C(C[C@@H](CCCC1CCCCC1)c1nc(Cc2ncc[nH]2)no1)NO.O=C(O)C[C@@H](CCCC1CCCCC1)c1nc(Cc2ncc[nH]2)no1. The van der Waals surface area contributed by atoms with Crippen molar-refractivity contribution in [3.8, 4) is 0 Å². The maximum Gasteiger partial charge on any atom is 0.304 e. The first kappa shape index (κ1) is 37.8. The number of rotatable bonds is 18. The van der Waals surface area contributed by atoms with Crippen LogP contribution in [0.5, 0.6) is 0 Å². The van der Waals surface area contributed by atoms with Gasteiger partial charge in [-0.2, -0.15) is 9.97 Å². The van der Waals surface area contributed by atoms with E-state index in [1.807, 2.05) is 0 Å². The van der Waals surface area contributed by atoms with E-state index in [0.717, 1.165) is 49.2 Å². The summed E-state index contributed by atoms with van der Waals surface area (Å²) in [6.45, 7) is 0. The molecule has 0 unspecified atom stereocenters. The van der Waals surface area contributed by atoms with E-state index in [0.29, 0.717) is 36.3 Å². The zero-order chi connectivity index (χ0) is 35.7. The number of aromatic nitrogens is 8.